The number of halogens is 2. The number of rotatable bonds is 3. The molecule has 0 aliphatic rings. The van der Waals surface area contributed by atoms with Crippen LogP contribution in [0.4, 0.5) is 8.78 Å². The highest BCUT2D eigenvalue weighted by atomic mass is 19.1. The van der Waals surface area contributed by atoms with Crippen LogP contribution in [0.5, 0.6) is 0 Å². The van der Waals surface area contributed by atoms with Crippen molar-refractivity contribution in [3.05, 3.63) is 65.5 Å². The lowest BCUT2D eigenvalue weighted by Gasteiger charge is -2.13. The van der Waals surface area contributed by atoms with Crippen molar-refractivity contribution in [3.8, 4) is 0 Å². The van der Waals surface area contributed by atoms with Crippen LogP contribution in [0.2, 0.25) is 0 Å². The van der Waals surface area contributed by atoms with E-state index in [1.165, 1.54) is 24.5 Å². The number of hydrogen-bond donors (Lipinski definition) is 1. The van der Waals surface area contributed by atoms with Gasteiger partial charge in [-0.3, -0.25) is 9.78 Å². The van der Waals surface area contributed by atoms with E-state index in [0.29, 0.717) is 5.56 Å². The summed E-state index contributed by atoms with van der Waals surface area (Å²) in [5, 5.41) is 9.19. The summed E-state index contributed by atoms with van der Waals surface area (Å²) in [5.41, 5.74) is 0.149. The van der Waals surface area contributed by atoms with E-state index >= 15 is 0 Å². The highest BCUT2D eigenvalue weighted by Crippen LogP contribution is 2.27. The van der Waals surface area contributed by atoms with Gasteiger partial charge in [-0.1, -0.05) is 0 Å². The number of aliphatic carboxylic acids is 1. The summed E-state index contributed by atoms with van der Waals surface area (Å²) in [6.07, 6.45) is 2.81. The normalized spacial score (nSPS) is 12.1. The van der Waals surface area contributed by atoms with Gasteiger partial charge in [0.05, 0.1) is 0 Å². The molecule has 92 valence electrons. The number of nitrogens with zero attached hydrogens (tertiary/aromatic N) is 1. The molecule has 0 bridgehead atoms. The molecule has 1 N–H and O–H groups in total. The Balaban J connectivity index is 2.55. The van der Waals surface area contributed by atoms with Crippen LogP contribution < -0.4 is 0 Å². The Morgan fingerprint density at radius 2 is 1.83 bits per heavy atom. The van der Waals surface area contributed by atoms with Gasteiger partial charge < -0.3 is 5.11 Å². The van der Waals surface area contributed by atoms with Gasteiger partial charge in [0.25, 0.3) is 0 Å². The molecule has 2 aromatic rings. The van der Waals surface area contributed by atoms with Crippen molar-refractivity contribution < 1.29 is 18.7 Å². The monoisotopic (exact) mass is 249 g/mol. The molecule has 18 heavy (non-hydrogen) atoms. The first-order valence-electron chi connectivity index (χ1n) is 5.17. The smallest absolute Gasteiger partial charge is 0.315 e. The third kappa shape index (κ3) is 2.34. The zero-order valence-electron chi connectivity index (χ0n) is 9.18. The Morgan fingerprint density at radius 3 is 2.44 bits per heavy atom. The zero-order valence-corrected chi connectivity index (χ0v) is 9.18. The summed E-state index contributed by atoms with van der Waals surface area (Å²) in [6, 6.07) is 5.69. The van der Waals surface area contributed by atoms with Gasteiger partial charge in [0.2, 0.25) is 0 Å². The topological polar surface area (TPSA) is 50.2 Å². The van der Waals surface area contributed by atoms with Crippen LogP contribution in [0.3, 0.4) is 0 Å². The lowest BCUT2D eigenvalue weighted by Crippen LogP contribution is -2.15. The lowest BCUT2D eigenvalue weighted by atomic mass is 9.91. The fourth-order valence-corrected chi connectivity index (χ4v) is 1.75. The third-order valence-electron chi connectivity index (χ3n) is 2.56. The predicted octanol–water partition coefficient (Wildman–Crippen LogP) is 2.58. The van der Waals surface area contributed by atoms with Gasteiger partial charge in [0.15, 0.2) is 0 Å². The summed E-state index contributed by atoms with van der Waals surface area (Å²) >= 11 is 0. The molecule has 1 aromatic carbocycles. The number of pyridine rings is 1. The largest absolute Gasteiger partial charge is 0.481 e. The Bertz CT molecular complexity index is 572. The average Bonchev–Trinajstić information content (AvgIpc) is 2.35. The minimum atomic E-state index is -1.25. The minimum Gasteiger partial charge on any atom is -0.481 e. The second-order valence-corrected chi connectivity index (χ2v) is 3.72. The minimum absolute atomic E-state index is 0.200. The van der Waals surface area contributed by atoms with Crippen molar-refractivity contribution in [1.29, 1.82) is 0 Å². The SMILES string of the molecule is O=C(O)C(c1ccncc1)c1cc(F)ccc1F. The summed E-state index contributed by atoms with van der Waals surface area (Å²) in [4.78, 5) is 15.0. The third-order valence-corrected chi connectivity index (χ3v) is 2.56. The van der Waals surface area contributed by atoms with Gasteiger partial charge in [0, 0.05) is 18.0 Å². The highest BCUT2D eigenvalue weighted by molar-refractivity contribution is 5.80. The first-order valence-corrected chi connectivity index (χ1v) is 5.17. The van der Waals surface area contributed by atoms with Crippen molar-refractivity contribution in [1.82, 2.24) is 4.98 Å². The van der Waals surface area contributed by atoms with E-state index < -0.39 is 23.5 Å². The Morgan fingerprint density at radius 1 is 1.17 bits per heavy atom. The fraction of sp³-hybridized carbons (Fsp3) is 0.0769. The summed E-state index contributed by atoms with van der Waals surface area (Å²) in [6.45, 7) is 0. The number of benzene rings is 1. The molecule has 5 heteroatoms. The molecule has 1 unspecified atom stereocenters. The van der Waals surface area contributed by atoms with E-state index in [2.05, 4.69) is 4.98 Å². The van der Waals surface area contributed by atoms with Gasteiger partial charge in [-0.25, -0.2) is 8.78 Å². The molecule has 3 nitrogen and oxygen atoms in total. The van der Waals surface area contributed by atoms with Gasteiger partial charge in [0.1, 0.15) is 17.6 Å². The van der Waals surface area contributed by atoms with E-state index in [1.54, 1.807) is 0 Å². The molecule has 0 aliphatic heterocycles. The van der Waals surface area contributed by atoms with Crippen LogP contribution in [0.1, 0.15) is 17.0 Å². The first kappa shape index (κ1) is 12.2. The first-order chi connectivity index (χ1) is 8.59. The second kappa shape index (κ2) is 4.91. The van der Waals surface area contributed by atoms with Crippen molar-refractivity contribution >= 4 is 5.97 Å². The Labute approximate surface area is 102 Å². The maximum absolute atomic E-state index is 13.6. The second-order valence-electron chi connectivity index (χ2n) is 3.72. The molecule has 0 saturated carbocycles. The van der Waals surface area contributed by atoms with Crippen LogP contribution in [0.15, 0.2) is 42.7 Å². The number of hydrogen-bond acceptors (Lipinski definition) is 2. The van der Waals surface area contributed by atoms with E-state index in [-0.39, 0.29) is 5.56 Å². The number of carbonyl (C=O) groups is 1. The quantitative estimate of drug-likeness (QED) is 0.909. The molecule has 0 amide bonds. The van der Waals surface area contributed by atoms with E-state index in [1.807, 2.05) is 0 Å². The highest BCUT2D eigenvalue weighted by Gasteiger charge is 2.25. The van der Waals surface area contributed by atoms with Gasteiger partial charge in [-0.05, 0) is 35.9 Å². The summed E-state index contributed by atoms with van der Waals surface area (Å²) in [5.74, 6) is -3.92. The van der Waals surface area contributed by atoms with Crippen LogP contribution in [-0.2, 0) is 4.79 Å². The van der Waals surface area contributed by atoms with Gasteiger partial charge >= 0.3 is 5.97 Å². The zero-order chi connectivity index (χ0) is 13.1. The molecule has 2 rings (SSSR count). The maximum Gasteiger partial charge on any atom is 0.315 e. The molecule has 0 spiro atoms. The summed E-state index contributed by atoms with van der Waals surface area (Å²) in [7, 11) is 0. The number of carboxylic acid groups (broad SMARTS) is 1. The van der Waals surface area contributed by atoms with Crippen molar-refractivity contribution in [2.24, 2.45) is 0 Å². The van der Waals surface area contributed by atoms with Crippen LogP contribution in [0.25, 0.3) is 0 Å². The van der Waals surface area contributed by atoms with Crippen molar-refractivity contribution in [3.63, 3.8) is 0 Å². The molecule has 1 heterocycles. The van der Waals surface area contributed by atoms with Crippen LogP contribution >= 0.6 is 0 Å². The van der Waals surface area contributed by atoms with Gasteiger partial charge in [-0.15, -0.1) is 0 Å². The predicted molar refractivity (Wildman–Crippen MR) is 60.1 cm³/mol. The lowest BCUT2D eigenvalue weighted by molar-refractivity contribution is -0.137. The average molecular weight is 249 g/mol. The molecule has 0 aliphatic carbocycles. The van der Waals surface area contributed by atoms with E-state index in [4.69, 9.17) is 0 Å². The molecule has 0 radical (unpaired) electrons. The van der Waals surface area contributed by atoms with Crippen molar-refractivity contribution in [2.75, 3.05) is 0 Å². The van der Waals surface area contributed by atoms with E-state index in [9.17, 15) is 18.7 Å². The Hall–Kier alpha value is -2.30. The molecule has 0 saturated heterocycles. The molecular weight excluding hydrogens is 240 g/mol. The van der Waals surface area contributed by atoms with Crippen LogP contribution in [-0.4, -0.2) is 16.1 Å². The van der Waals surface area contributed by atoms with E-state index in [0.717, 1.165) is 18.2 Å². The molecule has 0 fully saturated rings. The standard InChI is InChI=1S/C13H9F2NO2/c14-9-1-2-11(15)10(7-9)12(13(17)18)8-3-5-16-6-4-8/h1-7,12H,(H,17,18). The van der Waals surface area contributed by atoms with Crippen LogP contribution in [0, 0.1) is 11.6 Å². The Kier molecular flexibility index (Phi) is 3.32. The maximum atomic E-state index is 13.6. The molecule has 1 aromatic heterocycles. The van der Waals surface area contributed by atoms with Crippen molar-refractivity contribution in [2.45, 2.75) is 5.92 Å². The summed E-state index contributed by atoms with van der Waals surface area (Å²) < 4.78 is 26.7. The molecule has 1 atom stereocenters. The molecular formula is C13H9F2NO2. The fourth-order valence-electron chi connectivity index (χ4n) is 1.75. The van der Waals surface area contributed by atoms with Gasteiger partial charge in [-0.2, -0.15) is 0 Å². The number of aromatic nitrogens is 1. The number of carboxylic acids is 1.